The van der Waals surface area contributed by atoms with Crippen LogP contribution < -0.4 is 5.32 Å². The van der Waals surface area contributed by atoms with Crippen LogP contribution in [0.15, 0.2) is 59.5 Å². The monoisotopic (exact) mass is 489 g/mol. The molecule has 2 aromatic rings. The molecule has 0 bridgehead atoms. The zero-order chi connectivity index (χ0) is 24.2. The molecule has 0 atom stereocenters. The predicted octanol–water partition coefficient (Wildman–Crippen LogP) is 1.90. The molecule has 2 aromatic carbocycles. The van der Waals surface area contributed by atoms with Crippen LogP contribution in [-0.4, -0.2) is 83.2 Å². The number of nitrogens with zero attached hydrogens (tertiary/aromatic N) is 2. The Labute approximate surface area is 202 Å². The number of benzene rings is 2. The number of carbonyl (C=O) groups is 1. The van der Waals surface area contributed by atoms with Crippen molar-refractivity contribution in [1.29, 1.82) is 0 Å². The number of carbonyl (C=O) groups excluding carboxylic acids is 1. The third kappa shape index (κ3) is 8.18. The lowest BCUT2D eigenvalue weighted by Gasteiger charge is -2.26. The molecule has 1 heterocycles. The van der Waals surface area contributed by atoms with Gasteiger partial charge in [0.25, 0.3) is 0 Å². The van der Waals surface area contributed by atoms with Crippen LogP contribution in [0, 0.1) is 0 Å². The van der Waals surface area contributed by atoms with Gasteiger partial charge in [-0.05, 0) is 42.6 Å². The average Bonchev–Trinajstić information content (AvgIpc) is 2.87. The van der Waals surface area contributed by atoms with E-state index in [-0.39, 0.29) is 10.8 Å². The van der Waals surface area contributed by atoms with Crippen molar-refractivity contribution in [3.8, 4) is 0 Å². The second-order valence-electron chi connectivity index (χ2n) is 8.30. The zero-order valence-electron chi connectivity index (χ0n) is 19.8. The van der Waals surface area contributed by atoms with Crippen molar-refractivity contribution in [3.05, 3.63) is 65.7 Å². The molecule has 1 N–H and O–H groups in total. The van der Waals surface area contributed by atoms with E-state index in [1.807, 2.05) is 18.2 Å². The van der Waals surface area contributed by atoms with Crippen LogP contribution in [0.25, 0.3) is 0 Å². The Kier molecular flexibility index (Phi) is 10.5. The number of morpholine rings is 1. The smallest absolute Gasteiger partial charge is 0.243 e. The number of ether oxygens (including phenoxy) is 2. The Morgan fingerprint density at radius 1 is 1.03 bits per heavy atom. The minimum Gasteiger partial charge on any atom is -0.383 e. The van der Waals surface area contributed by atoms with E-state index in [1.165, 1.54) is 9.87 Å². The topological polar surface area (TPSA) is 88.2 Å². The molecule has 0 unspecified atom stereocenters. The normalized spacial score (nSPS) is 14.9. The van der Waals surface area contributed by atoms with Crippen LogP contribution in [0.3, 0.4) is 0 Å². The van der Waals surface area contributed by atoms with Gasteiger partial charge in [0.1, 0.15) is 0 Å². The Morgan fingerprint density at radius 3 is 2.41 bits per heavy atom. The van der Waals surface area contributed by atoms with Gasteiger partial charge in [0, 0.05) is 33.3 Å². The summed E-state index contributed by atoms with van der Waals surface area (Å²) in [5.41, 5.74) is 2.14. The first-order valence-corrected chi connectivity index (χ1v) is 13.1. The first-order chi connectivity index (χ1) is 16.5. The van der Waals surface area contributed by atoms with Crippen molar-refractivity contribution in [1.82, 2.24) is 14.5 Å². The van der Waals surface area contributed by atoms with E-state index in [9.17, 15) is 13.2 Å². The highest BCUT2D eigenvalue weighted by atomic mass is 32.2. The fourth-order valence-electron chi connectivity index (χ4n) is 3.82. The third-order valence-corrected chi connectivity index (χ3v) is 7.70. The number of nitrogens with one attached hydrogen (secondary N) is 1. The summed E-state index contributed by atoms with van der Waals surface area (Å²) in [6, 6.07) is 17.0. The van der Waals surface area contributed by atoms with Gasteiger partial charge in [-0.1, -0.05) is 42.5 Å². The minimum absolute atomic E-state index is 0.0687. The molecule has 34 heavy (non-hydrogen) atoms. The second kappa shape index (κ2) is 13.6. The summed E-state index contributed by atoms with van der Waals surface area (Å²) < 4.78 is 37.3. The molecule has 3 rings (SSSR count). The molecule has 0 aromatic heterocycles. The van der Waals surface area contributed by atoms with Gasteiger partial charge in [-0.25, -0.2) is 8.42 Å². The van der Waals surface area contributed by atoms with Gasteiger partial charge in [0.15, 0.2) is 0 Å². The largest absolute Gasteiger partial charge is 0.383 e. The van der Waals surface area contributed by atoms with Crippen molar-refractivity contribution in [2.24, 2.45) is 0 Å². The highest BCUT2D eigenvalue weighted by Gasteiger charge is 2.26. The summed E-state index contributed by atoms with van der Waals surface area (Å²) in [5.74, 6) is -0.0687. The van der Waals surface area contributed by atoms with Crippen LogP contribution >= 0.6 is 0 Å². The summed E-state index contributed by atoms with van der Waals surface area (Å²) in [4.78, 5) is 14.9. The van der Waals surface area contributed by atoms with E-state index in [1.54, 1.807) is 31.4 Å². The predicted molar refractivity (Wildman–Crippen MR) is 131 cm³/mol. The van der Waals surface area contributed by atoms with Crippen LogP contribution in [0.2, 0.25) is 0 Å². The maximum atomic E-state index is 12.7. The Morgan fingerprint density at radius 2 is 1.74 bits per heavy atom. The van der Waals surface area contributed by atoms with Crippen molar-refractivity contribution >= 4 is 15.9 Å². The molecule has 1 aliphatic rings. The van der Waals surface area contributed by atoms with Crippen LogP contribution in [0.1, 0.15) is 17.5 Å². The van der Waals surface area contributed by atoms with Gasteiger partial charge in [0.05, 0.1) is 31.3 Å². The molecule has 0 radical (unpaired) electrons. The van der Waals surface area contributed by atoms with E-state index in [2.05, 4.69) is 22.3 Å². The van der Waals surface area contributed by atoms with E-state index >= 15 is 0 Å². The van der Waals surface area contributed by atoms with Gasteiger partial charge in [-0.2, -0.15) is 4.31 Å². The van der Waals surface area contributed by atoms with Gasteiger partial charge >= 0.3 is 0 Å². The number of rotatable bonds is 13. The number of methoxy groups -OCH3 is 1. The molecular weight excluding hydrogens is 454 g/mol. The summed E-state index contributed by atoms with van der Waals surface area (Å²) in [6.07, 6.45) is 1.92. The molecule has 1 fully saturated rings. The van der Waals surface area contributed by atoms with Gasteiger partial charge < -0.3 is 14.8 Å². The molecule has 0 saturated carbocycles. The fourth-order valence-corrected chi connectivity index (χ4v) is 5.22. The summed E-state index contributed by atoms with van der Waals surface area (Å²) in [5, 5.41) is 2.94. The zero-order valence-corrected chi connectivity index (χ0v) is 20.6. The number of sulfonamides is 1. The fraction of sp³-hybridized carbons (Fsp3) is 0.480. The Balaban J connectivity index is 1.46. The van der Waals surface area contributed by atoms with Crippen molar-refractivity contribution in [3.63, 3.8) is 0 Å². The maximum Gasteiger partial charge on any atom is 0.243 e. The van der Waals surface area contributed by atoms with E-state index in [0.717, 1.165) is 24.9 Å². The molecule has 1 saturated heterocycles. The molecule has 1 amide bonds. The van der Waals surface area contributed by atoms with Gasteiger partial charge in [-0.3, -0.25) is 9.69 Å². The Hall–Kier alpha value is -2.30. The van der Waals surface area contributed by atoms with E-state index in [4.69, 9.17) is 9.47 Å². The molecule has 8 nitrogen and oxygen atoms in total. The standard InChI is InChI=1S/C25H35N3O5S/c1-32-17-14-27(13-5-8-22-6-3-2-4-7-22)21-25(29)26-20-23-9-11-24(12-10-23)34(30,31)28-15-18-33-19-16-28/h2-4,6-7,9-12H,5,8,13-21H2,1H3,(H,26,29). The Bertz CT molecular complexity index is 977. The number of hydrogen-bond donors (Lipinski definition) is 1. The lowest BCUT2D eigenvalue weighted by molar-refractivity contribution is -0.122. The van der Waals surface area contributed by atoms with Crippen LogP contribution in [-0.2, 0) is 37.3 Å². The van der Waals surface area contributed by atoms with Gasteiger partial charge in [0.2, 0.25) is 15.9 Å². The molecule has 1 aliphatic heterocycles. The number of aryl methyl sites for hydroxylation is 1. The molecule has 0 spiro atoms. The van der Waals surface area contributed by atoms with Crippen molar-refractivity contribution in [2.45, 2.75) is 24.3 Å². The minimum atomic E-state index is -3.52. The van der Waals surface area contributed by atoms with Crippen LogP contribution in [0.4, 0.5) is 0 Å². The van der Waals surface area contributed by atoms with E-state index < -0.39 is 10.0 Å². The molecular formula is C25H35N3O5S. The highest BCUT2D eigenvalue weighted by molar-refractivity contribution is 7.89. The molecule has 9 heteroatoms. The average molecular weight is 490 g/mol. The first kappa shape index (κ1) is 26.3. The lowest BCUT2D eigenvalue weighted by Crippen LogP contribution is -2.40. The quantitative estimate of drug-likeness (QED) is 0.463. The van der Waals surface area contributed by atoms with Gasteiger partial charge in [-0.15, -0.1) is 0 Å². The summed E-state index contributed by atoms with van der Waals surface area (Å²) in [6.45, 7) is 4.26. The number of amides is 1. The SMILES string of the molecule is COCCN(CCCc1ccccc1)CC(=O)NCc1ccc(S(=O)(=O)N2CCOCC2)cc1. The summed E-state index contributed by atoms with van der Waals surface area (Å²) >= 11 is 0. The number of hydrogen-bond acceptors (Lipinski definition) is 6. The van der Waals surface area contributed by atoms with Crippen molar-refractivity contribution in [2.75, 3.05) is 59.7 Å². The first-order valence-electron chi connectivity index (χ1n) is 11.7. The lowest BCUT2D eigenvalue weighted by atomic mass is 10.1. The molecule has 0 aliphatic carbocycles. The van der Waals surface area contributed by atoms with Crippen LogP contribution in [0.5, 0.6) is 0 Å². The third-order valence-electron chi connectivity index (χ3n) is 5.78. The van der Waals surface area contributed by atoms with Crippen molar-refractivity contribution < 1.29 is 22.7 Å². The van der Waals surface area contributed by atoms with E-state index in [0.29, 0.717) is 52.5 Å². The second-order valence-corrected chi connectivity index (χ2v) is 10.2. The maximum absolute atomic E-state index is 12.7. The molecule has 186 valence electrons. The highest BCUT2D eigenvalue weighted by Crippen LogP contribution is 2.17. The summed E-state index contributed by atoms with van der Waals surface area (Å²) in [7, 11) is -1.86.